The zero-order valence-electron chi connectivity index (χ0n) is 65.0. The van der Waals surface area contributed by atoms with Crippen LogP contribution in [0.2, 0.25) is 56.4 Å². The third kappa shape index (κ3) is 19.7. The molecule has 9 rings (SSSR count). The minimum absolute atomic E-state index is 0.0142. The molecule has 0 aliphatic carbocycles. The van der Waals surface area contributed by atoms with Gasteiger partial charge in [0.2, 0.25) is 5.91 Å². The van der Waals surface area contributed by atoms with Crippen LogP contribution < -0.4 is 31.1 Å². The Morgan fingerprint density at radius 2 is 1.18 bits per heavy atom. The van der Waals surface area contributed by atoms with E-state index in [2.05, 4.69) is 123 Å². The summed E-state index contributed by atoms with van der Waals surface area (Å²) >= 11 is 0. The monoisotopic (exact) mass is 1530 g/mol. The van der Waals surface area contributed by atoms with Crippen LogP contribution in [0.15, 0.2) is 155 Å². The molecule has 3 amide bonds. The molecule has 3 aliphatic rings. The lowest BCUT2D eigenvalue weighted by molar-refractivity contribution is -0.159. The average Bonchev–Trinajstić information content (AvgIpc) is 1.02. The van der Waals surface area contributed by atoms with Gasteiger partial charge >= 0.3 is 17.7 Å². The zero-order valence-corrected chi connectivity index (χ0v) is 68.9. The fourth-order valence-electron chi connectivity index (χ4n) is 14.3. The van der Waals surface area contributed by atoms with Crippen LogP contribution in [0.25, 0.3) is 0 Å². The summed E-state index contributed by atoms with van der Waals surface area (Å²) in [5, 5.41) is 11.4. The second kappa shape index (κ2) is 36.0. The Balaban J connectivity index is 1.13. The highest BCUT2D eigenvalue weighted by atomic mass is 31.2. The smallest absolute Gasteiger partial charge is 0.335 e. The van der Waals surface area contributed by atoms with Crippen LogP contribution in [0.4, 0.5) is 4.79 Å². The summed E-state index contributed by atoms with van der Waals surface area (Å²) in [6.07, 6.45) is -4.44. The van der Waals surface area contributed by atoms with Gasteiger partial charge in [-0.05, 0) is 109 Å². The van der Waals surface area contributed by atoms with Gasteiger partial charge in [-0.3, -0.25) is 23.9 Å². The molecule has 5 aromatic carbocycles. The summed E-state index contributed by atoms with van der Waals surface area (Å²) in [6, 6.07) is 48.3. The Morgan fingerprint density at radius 1 is 0.679 bits per heavy atom. The molecule has 3 fully saturated rings. The third-order valence-electron chi connectivity index (χ3n) is 19.8. The minimum atomic E-state index is -3.25. The lowest BCUT2D eigenvalue weighted by Gasteiger charge is -2.45. The average molecular weight is 1530 g/mol. The summed E-state index contributed by atoms with van der Waals surface area (Å²) < 4.78 is 77.5. The van der Waals surface area contributed by atoms with Gasteiger partial charge in [0.05, 0.1) is 58.0 Å². The van der Waals surface area contributed by atoms with Crippen LogP contribution >= 0.6 is 8.53 Å². The number of carbonyl (C=O) groups excluding carboxylic acids is 3. The molecular formula is C80H111N6O16PSi3. The first-order chi connectivity index (χ1) is 50.3. The van der Waals surface area contributed by atoms with Crippen molar-refractivity contribution in [3.05, 3.63) is 189 Å². The normalized spacial score (nSPS) is 20.7. The highest BCUT2D eigenvalue weighted by molar-refractivity contribution is 7.44. The SMILES string of the molecule is COc1ccc(C(OC[C@H]2O[C@@H](N3C[C@@](C)(Cc4cn([C@H]5C[C@H](OP(OCCC#N)N(C(C)C)C(C)C)[C@@H](CO[Si](c6ccccc6)(c6ccccc6)C(C)(C)C)O5)c(=O)n(COCC[Si](C)(C)C)c4=O)C(=O)N(COCC[Si](C)(C)C)C3=O)C[C@@H]2OC(C)=O)(c2ccccc2)c2ccc(OC)cc2)cc1. The van der Waals surface area contributed by atoms with Gasteiger partial charge < -0.3 is 51.4 Å². The largest absolute Gasteiger partial charge is 0.497 e. The van der Waals surface area contributed by atoms with Crippen molar-refractivity contribution in [2.45, 2.75) is 206 Å². The first-order valence-electron chi connectivity index (χ1n) is 36.9. The van der Waals surface area contributed by atoms with Gasteiger partial charge in [-0.1, -0.05) is 175 Å². The molecule has 22 nitrogen and oxygen atoms in total. The number of amides is 3. The van der Waals surface area contributed by atoms with Gasteiger partial charge in [0.15, 0.2) is 0 Å². The number of imide groups is 1. The van der Waals surface area contributed by atoms with E-state index in [4.69, 9.17) is 51.4 Å². The Morgan fingerprint density at radius 3 is 1.68 bits per heavy atom. The number of nitrogens with zero attached hydrogens (tertiary/aromatic N) is 6. The molecule has 0 saturated carbocycles. The Kier molecular flexibility index (Phi) is 28.2. The highest BCUT2D eigenvalue weighted by Gasteiger charge is 2.55. The van der Waals surface area contributed by atoms with E-state index in [0.29, 0.717) is 11.5 Å². The summed E-state index contributed by atoms with van der Waals surface area (Å²) in [7, 11) is -5.28. The molecule has 26 heteroatoms. The van der Waals surface area contributed by atoms with E-state index in [1.807, 2.05) is 115 Å². The second-order valence-electron chi connectivity index (χ2n) is 32.0. The van der Waals surface area contributed by atoms with Gasteiger partial charge in [-0.15, -0.1) is 0 Å². The molecule has 0 bridgehead atoms. The molecule has 1 unspecified atom stereocenters. The highest BCUT2D eigenvalue weighted by Crippen LogP contribution is 2.51. The lowest BCUT2D eigenvalue weighted by Crippen LogP contribution is -2.67. The first kappa shape index (κ1) is 83.0. The number of esters is 1. The number of nitriles is 1. The number of hydrogen-bond donors (Lipinski definition) is 0. The molecule has 0 spiro atoms. The molecule has 0 radical (unpaired) electrons. The maximum atomic E-state index is 15.7. The van der Waals surface area contributed by atoms with Gasteiger partial charge in [0.1, 0.15) is 61.3 Å². The Hall–Kier alpha value is -7.00. The van der Waals surface area contributed by atoms with E-state index < -0.39 is 129 Å². The summed E-state index contributed by atoms with van der Waals surface area (Å²) in [4.78, 5) is 78.2. The Labute approximate surface area is 630 Å². The number of urea groups is 1. The molecule has 8 atom stereocenters. The van der Waals surface area contributed by atoms with Crippen LogP contribution in [0.3, 0.4) is 0 Å². The molecule has 3 aliphatic heterocycles. The molecule has 106 heavy (non-hydrogen) atoms. The van der Waals surface area contributed by atoms with Crippen LogP contribution in [0.5, 0.6) is 11.5 Å². The minimum Gasteiger partial charge on any atom is -0.497 e. The quantitative estimate of drug-likeness (QED) is 0.0117. The maximum absolute atomic E-state index is 15.7. The van der Waals surface area contributed by atoms with Crippen LogP contribution in [-0.2, 0) is 70.2 Å². The van der Waals surface area contributed by atoms with Crippen molar-refractivity contribution in [2.24, 2.45) is 5.41 Å². The summed E-state index contributed by atoms with van der Waals surface area (Å²) in [5.74, 6) is 0.0628. The van der Waals surface area contributed by atoms with Crippen molar-refractivity contribution in [1.82, 2.24) is 23.6 Å². The number of ether oxygens (including phenoxy) is 8. The van der Waals surface area contributed by atoms with Crippen molar-refractivity contribution >= 4 is 61.3 Å². The number of methoxy groups -OCH3 is 2. The van der Waals surface area contributed by atoms with Crippen LogP contribution in [0.1, 0.15) is 110 Å². The molecule has 3 saturated heterocycles. The molecule has 6 aromatic rings. The van der Waals surface area contributed by atoms with Crippen molar-refractivity contribution in [3.63, 3.8) is 0 Å². The van der Waals surface area contributed by atoms with E-state index in [1.165, 1.54) is 22.6 Å². The van der Waals surface area contributed by atoms with Gasteiger partial charge in [-0.2, -0.15) is 5.26 Å². The first-order valence-corrected chi connectivity index (χ1v) is 47.3. The summed E-state index contributed by atoms with van der Waals surface area (Å²) in [5.41, 5.74) is -2.00. The van der Waals surface area contributed by atoms with E-state index in [9.17, 15) is 10.1 Å². The van der Waals surface area contributed by atoms with Crippen LogP contribution in [-0.4, -0.2) is 169 Å². The number of carbonyl (C=O) groups is 3. The fourth-order valence-corrected chi connectivity index (χ4v) is 22.2. The van der Waals surface area contributed by atoms with Crippen molar-refractivity contribution in [1.29, 1.82) is 5.26 Å². The van der Waals surface area contributed by atoms with Gasteiger partial charge in [0.25, 0.3) is 22.4 Å². The van der Waals surface area contributed by atoms with E-state index in [0.717, 1.165) is 48.6 Å². The molecule has 0 N–H and O–H groups in total. The number of aromatic nitrogens is 2. The van der Waals surface area contributed by atoms with Gasteiger partial charge in [-0.25, -0.2) is 23.7 Å². The third-order valence-corrected chi connectivity index (χ3v) is 30.3. The van der Waals surface area contributed by atoms with Gasteiger partial charge in [0, 0.05) is 79.5 Å². The lowest BCUT2D eigenvalue weighted by atomic mass is 9.80. The van der Waals surface area contributed by atoms with E-state index in [-0.39, 0.29) is 82.9 Å². The topological polar surface area (TPSA) is 230 Å². The number of hydrogen-bond acceptors (Lipinski definition) is 18. The Bertz CT molecular complexity index is 3940. The molecular weight excluding hydrogens is 1420 g/mol. The molecule has 4 heterocycles. The van der Waals surface area contributed by atoms with Crippen LogP contribution in [0, 0.1) is 16.7 Å². The summed E-state index contributed by atoms with van der Waals surface area (Å²) in [6.45, 7) is 30.5. The molecule has 574 valence electrons. The maximum Gasteiger partial charge on any atom is 0.335 e. The van der Waals surface area contributed by atoms with E-state index >= 15 is 19.2 Å². The standard InChI is InChI=1S/C80H111N6O16PSi3/c1-57(2)86(58(3)4)103(97-43-27-42-81)102-69-49-72(101-71(69)53-98-106(78(6,7)8,66-30-23-19-24-31-66)67-32-25-20-26-33-67)82-51-60(74(88)84(76(82)90)55-94-44-46-104(12,13)14)50-79(9)54-83(77(91)85(75(79)89)56-95-45-47-105(15,16)17)73-48-68(99-59(5)87)70(100-73)52-96-80(61-28-21-18-22-29-61,62-34-38-64(92-10)39-35-62)63-36-40-65(93-11)41-37-63/h18-26,28-41,51,57-58,68-73H,27,43-50,52-56H2,1-17H3/t68-,69-,70+,71+,72+,73+,79+,103?/m0/s1. The second-order valence-corrected chi connectivity index (χ2v) is 49.0. The number of benzene rings is 5. The predicted molar refractivity (Wildman–Crippen MR) is 418 cm³/mol. The van der Waals surface area contributed by atoms with Crippen molar-refractivity contribution in [2.75, 3.05) is 60.5 Å². The fraction of sp³-hybridized carbons (Fsp3) is 0.525. The zero-order chi connectivity index (χ0) is 76.9. The van der Waals surface area contributed by atoms with Crippen molar-refractivity contribution < 1.29 is 65.8 Å². The van der Waals surface area contributed by atoms with E-state index in [1.54, 1.807) is 21.1 Å². The number of rotatable bonds is 36. The molecule has 1 aromatic heterocycles. The van der Waals surface area contributed by atoms with Crippen molar-refractivity contribution in [3.8, 4) is 17.6 Å². The predicted octanol–water partition coefficient (Wildman–Crippen LogP) is 13.0.